The molecule has 1 fully saturated rings. The third-order valence-electron chi connectivity index (χ3n) is 4.93. The van der Waals surface area contributed by atoms with Gasteiger partial charge in [-0.05, 0) is 51.8 Å². The Morgan fingerprint density at radius 2 is 1.81 bits per heavy atom. The van der Waals surface area contributed by atoms with Crippen LogP contribution in [0.25, 0.3) is 0 Å². The molecule has 118 valence electrons. The number of rotatable bonds is 5. The molecule has 0 amide bonds. The highest BCUT2D eigenvalue weighted by Crippen LogP contribution is 2.41. The first-order chi connectivity index (χ1) is 10.1. The van der Waals surface area contributed by atoms with Crippen LogP contribution in [0.2, 0.25) is 0 Å². The van der Waals surface area contributed by atoms with E-state index >= 15 is 0 Å². The standard InChI is InChI=1S/C19H31NO/c1-5-21-19(12-8-6-7-9-13-19)18(20-4)17-11-10-15(2)14-16(17)3/h10-11,14,18,20H,5-9,12-13H2,1-4H3. The van der Waals surface area contributed by atoms with E-state index in [-0.39, 0.29) is 11.6 Å². The molecule has 1 atom stereocenters. The highest BCUT2D eigenvalue weighted by molar-refractivity contribution is 5.34. The van der Waals surface area contributed by atoms with Gasteiger partial charge in [0.1, 0.15) is 0 Å². The van der Waals surface area contributed by atoms with Gasteiger partial charge in [-0.15, -0.1) is 0 Å². The van der Waals surface area contributed by atoms with Crippen molar-refractivity contribution >= 4 is 0 Å². The van der Waals surface area contributed by atoms with Crippen LogP contribution in [0, 0.1) is 13.8 Å². The first-order valence-electron chi connectivity index (χ1n) is 8.51. The molecule has 0 heterocycles. The van der Waals surface area contributed by atoms with Gasteiger partial charge in [-0.1, -0.05) is 49.4 Å². The Hall–Kier alpha value is -0.860. The molecule has 1 aromatic rings. The van der Waals surface area contributed by atoms with Crippen molar-refractivity contribution in [3.63, 3.8) is 0 Å². The van der Waals surface area contributed by atoms with E-state index in [0.29, 0.717) is 0 Å². The number of aryl methyl sites for hydroxylation is 2. The monoisotopic (exact) mass is 289 g/mol. The minimum atomic E-state index is -0.0416. The lowest BCUT2D eigenvalue weighted by Gasteiger charge is -2.41. The topological polar surface area (TPSA) is 21.3 Å². The Labute approximate surface area is 130 Å². The van der Waals surface area contributed by atoms with Crippen molar-refractivity contribution in [3.8, 4) is 0 Å². The maximum absolute atomic E-state index is 6.38. The summed E-state index contributed by atoms with van der Waals surface area (Å²) in [6, 6.07) is 7.09. The van der Waals surface area contributed by atoms with Gasteiger partial charge in [-0.3, -0.25) is 0 Å². The molecule has 1 aromatic carbocycles. The maximum Gasteiger partial charge on any atom is 0.0876 e. The summed E-state index contributed by atoms with van der Waals surface area (Å²) in [5.41, 5.74) is 4.06. The molecule has 0 spiro atoms. The van der Waals surface area contributed by atoms with Gasteiger partial charge in [-0.25, -0.2) is 0 Å². The molecule has 2 heteroatoms. The Morgan fingerprint density at radius 1 is 1.14 bits per heavy atom. The first kappa shape index (κ1) is 16.5. The number of nitrogens with one attached hydrogen (secondary N) is 1. The van der Waals surface area contributed by atoms with Crippen LogP contribution in [0.5, 0.6) is 0 Å². The third kappa shape index (κ3) is 3.67. The summed E-state index contributed by atoms with van der Waals surface area (Å²) in [7, 11) is 2.08. The summed E-state index contributed by atoms with van der Waals surface area (Å²) < 4.78 is 6.38. The van der Waals surface area contributed by atoms with Crippen LogP contribution in [0.15, 0.2) is 18.2 Å². The molecule has 0 aromatic heterocycles. The molecule has 1 unspecified atom stereocenters. The zero-order valence-corrected chi connectivity index (χ0v) is 14.2. The molecule has 1 saturated carbocycles. The molecular formula is C19H31NO. The average Bonchev–Trinajstić information content (AvgIpc) is 2.69. The summed E-state index contributed by atoms with van der Waals surface area (Å²) in [5.74, 6) is 0. The molecule has 0 bridgehead atoms. The summed E-state index contributed by atoms with van der Waals surface area (Å²) in [6.45, 7) is 7.31. The van der Waals surface area contributed by atoms with Crippen LogP contribution in [0.3, 0.4) is 0 Å². The molecule has 0 saturated heterocycles. The quantitative estimate of drug-likeness (QED) is 0.794. The predicted octanol–water partition coefficient (Wildman–Crippen LogP) is 4.69. The van der Waals surface area contributed by atoms with Gasteiger partial charge in [0, 0.05) is 6.61 Å². The van der Waals surface area contributed by atoms with Crippen molar-refractivity contribution in [2.45, 2.75) is 70.9 Å². The lowest BCUT2D eigenvalue weighted by atomic mass is 9.80. The van der Waals surface area contributed by atoms with Gasteiger partial charge in [0.25, 0.3) is 0 Å². The van der Waals surface area contributed by atoms with Crippen LogP contribution in [-0.4, -0.2) is 19.3 Å². The molecule has 1 N–H and O–H groups in total. The lowest BCUT2D eigenvalue weighted by molar-refractivity contribution is -0.0768. The SMILES string of the molecule is CCOC1(C(NC)c2ccc(C)cc2C)CCCCCC1. The maximum atomic E-state index is 6.38. The number of ether oxygens (including phenoxy) is 1. The molecule has 0 aliphatic heterocycles. The largest absolute Gasteiger partial charge is 0.373 e. The van der Waals surface area contributed by atoms with Crippen LogP contribution < -0.4 is 5.32 Å². The summed E-state index contributed by atoms with van der Waals surface area (Å²) >= 11 is 0. The second-order valence-electron chi connectivity index (χ2n) is 6.49. The van der Waals surface area contributed by atoms with Gasteiger partial charge in [0.2, 0.25) is 0 Å². The zero-order chi connectivity index (χ0) is 15.3. The van der Waals surface area contributed by atoms with E-state index in [1.54, 1.807) is 0 Å². The van der Waals surface area contributed by atoms with E-state index in [1.165, 1.54) is 55.2 Å². The minimum absolute atomic E-state index is 0.0416. The number of likely N-dealkylation sites (N-methyl/N-ethyl adjacent to an activating group) is 1. The third-order valence-corrected chi connectivity index (χ3v) is 4.93. The predicted molar refractivity (Wildman–Crippen MR) is 89.8 cm³/mol. The lowest BCUT2D eigenvalue weighted by Crippen LogP contribution is -2.45. The highest BCUT2D eigenvalue weighted by Gasteiger charge is 2.40. The number of hydrogen-bond donors (Lipinski definition) is 1. The van der Waals surface area contributed by atoms with E-state index in [1.807, 2.05) is 0 Å². The fraction of sp³-hybridized carbons (Fsp3) is 0.684. The first-order valence-corrected chi connectivity index (χ1v) is 8.51. The Kier molecular flexibility index (Phi) is 5.83. The van der Waals surface area contributed by atoms with Gasteiger partial charge in [-0.2, -0.15) is 0 Å². The van der Waals surface area contributed by atoms with E-state index in [4.69, 9.17) is 4.74 Å². The molecule has 1 aliphatic rings. The number of hydrogen-bond acceptors (Lipinski definition) is 2. The van der Waals surface area contributed by atoms with Crippen molar-refractivity contribution in [1.29, 1.82) is 0 Å². The minimum Gasteiger partial charge on any atom is -0.373 e. The Morgan fingerprint density at radius 3 is 2.33 bits per heavy atom. The molecule has 21 heavy (non-hydrogen) atoms. The van der Waals surface area contributed by atoms with Gasteiger partial charge >= 0.3 is 0 Å². The van der Waals surface area contributed by atoms with Gasteiger partial charge < -0.3 is 10.1 Å². The second-order valence-corrected chi connectivity index (χ2v) is 6.49. The van der Waals surface area contributed by atoms with Crippen molar-refractivity contribution in [2.24, 2.45) is 0 Å². The molecule has 2 nitrogen and oxygen atoms in total. The van der Waals surface area contributed by atoms with Gasteiger partial charge in [0.05, 0.1) is 11.6 Å². The smallest absolute Gasteiger partial charge is 0.0876 e. The fourth-order valence-electron chi connectivity index (χ4n) is 3.98. The van der Waals surface area contributed by atoms with Crippen LogP contribution in [0.4, 0.5) is 0 Å². The van der Waals surface area contributed by atoms with Crippen molar-refractivity contribution in [3.05, 3.63) is 34.9 Å². The van der Waals surface area contributed by atoms with Crippen molar-refractivity contribution < 1.29 is 4.74 Å². The molecular weight excluding hydrogens is 258 g/mol. The Bertz CT molecular complexity index is 447. The molecule has 2 rings (SSSR count). The van der Waals surface area contributed by atoms with E-state index in [2.05, 4.69) is 51.3 Å². The average molecular weight is 289 g/mol. The van der Waals surface area contributed by atoms with Crippen LogP contribution in [0.1, 0.15) is 68.2 Å². The number of benzene rings is 1. The molecule has 1 aliphatic carbocycles. The fourth-order valence-corrected chi connectivity index (χ4v) is 3.98. The van der Waals surface area contributed by atoms with Gasteiger partial charge in [0.15, 0.2) is 0 Å². The summed E-state index contributed by atoms with van der Waals surface area (Å²) in [5, 5.41) is 3.58. The molecule has 0 radical (unpaired) electrons. The van der Waals surface area contributed by atoms with Crippen LogP contribution >= 0.6 is 0 Å². The van der Waals surface area contributed by atoms with E-state index in [0.717, 1.165) is 6.61 Å². The second kappa shape index (κ2) is 7.42. The highest BCUT2D eigenvalue weighted by atomic mass is 16.5. The van der Waals surface area contributed by atoms with Crippen LogP contribution in [-0.2, 0) is 4.74 Å². The summed E-state index contributed by atoms with van der Waals surface area (Å²) in [4.78, 5) is 0. The van der Waals surface area contributed by atoms with E-state index in [9.17, 15) is 0 Å². The van der Waals surface area contributed by atoms with Crippen molar-refractivity contribution in [1.82, 2.24) is 5.32 Å². The Balaban J connectivity index is 2.38. The van der Waals surface area contributed by atoms with Crippen molar-refractivity contribution in [2.75, 3.05) is 13.7 Å². The normalized spacial score (nSPS) is 20.0. The zero-order valence-electron chi connectivity index (χ0n) is 14.2. The summed E-state index contributed by atoms with van der Waals surface area (Å²) in [6.07, 6.45) is 7.59. The van der Waals surface area contributed by atoms with E-state index < -0.39 is 0 Å².